The smallest absolute Gasteiger partial charge is 0.257 e. The number of benzene rings is 1. The minimum absolute atomic E-state index is 0.251. The number of aromatic nitrogens is 5. The van der Waals surface area contributed by atoms with E-state index in [0.717, 1.165) is 11.3 Å². The first kappa shape index (κ1) is 14.2. The van der Waals surface area contributed by atoms with Crippen molar-refractivity contribution in [1.29, 1.82) is 0 Å². The number of pyridine rings is 1. The summed E-state index contributed by atoms with van der Waals surface area (Å²) in [5.41, 5.74) is 2.89. The molecule has 1 amide bonds. The molecule has 0 saturated carbocycles. The van der Waals surface area contributed by atoms with Gasteiger partial charge in [-0.05, 0) is 53.2 Å². The van der Waals surface area contributed by atoms with Gasteiger partial charge in [0, 0.05) is 11.9 Å². The van der Waals surface area contributed by atoms with E-state index in [1.165, 1.54) is 12.5 Å². The fraction of sp³-hybridized carbons (Fsp3) is 0.0714. The Bertz CT molecular complexity index is 801. The Kier molecular flexibility index (Phi) is 3.80. The number of nitrogens with one attached hydrogen (secondary N) is 1. The molecule has 0 aliphatic heterocycles. The van der Waals surface area contributed by atoms with Crippen LogP contribution in [0.4, 0.5) is 5.69 Å². The highest BCUT2D eigenvalue weighted by Gasteiger charge is 2.09. The zero-order valence-corrected chi connectivity index (χ0v) is 12.3. The first-order chi connectivity index (χ1) is 10.6. The van der Waals surface area contributed by atoms with Gasteiger partial charge in [-0.1, -0.05) is 11.6 Å². The van der Waals surface area contributed by atoms with Crippen molar-refractivity contribution in [3.63, 3.8) is 0 Å². The second-order valence-electron chi connectivity index (χ2n) is 4.58. The van der Waals surface area contributed by atoms with E-state index in [-0.39, 0.29) is 5.91 Å². The molecule has 1 aromatic carbocycles. The van der Waals surface area contributed by atoms with E-state index in [0.29, 0.717) is 16.4 Å². The lowest BCUT2D eigenvalue weighted by molar-refractivity contribution is 0.102. The van der Waals surface area contributed by atoms with Crippen molar-refractivity contribution in [2.45, 2.75) is 6.92 Å². The van der Waals surface area contributed by atoms with Gasteiger partial charge >= 0.3 is 0 Å². The lowest BCUT2D eigenvalue weighted by Crippen LogP contribution is -2.12. The molecule has 0 radical (unpaired) electrons. The number of hydrogen-bond donors (Lipinski definition) is 1. The second-order valence-corrected chi connectivity index (χ2v) is 4.97. The summed E-state index contributed by atoms with van der Waals surface area (Å²) in [4.78, 5) is 16.0. The Balaban J connectivity index is 1.80. The lowest BCUT2D eigenvalue weighted by atomic mass is 10.1. The Morgan fingerprint density at radius 2 is 2.14 bits per heavy atom. The highest BCUT2D eigenvalue weighted by atomic mass is 35.5. The molecule has 7 nitrogen and oxygen atoms in total. The quantitative estimate of drug-likeness (QED) is 0.749. The number of rotatable bonds is 3. The van der Waals surface area contributed by atoms with E-state index in [4.69, 9.17) is 11.6 Å². The van der Waals surface area contributed by atoms with Crippen molar-refractivity contribution >= 4 is 23.2 Å². The summed E-state index contributed by atoms with van der Waals surface area (Å²) in [6, 6.07) is 8.65. The highest BCUT2D eigenvalue weighted by Crippen LogP contribution is 2.18. The molecule has 0 fully saturated rings. The maximum absolute atomic E-state index is 12.1. The van der Waals surface area contributed by atoms with Gasteiger partial charge in [-0.3, -0.25) is 4.79 Å². The number of halogens is 1. The van der Waals surface area contributed by atoms with Crippen molar-refractivity contribution < 1.29 is 4.79 Å². The minimum atomic E-state index is -0.251. The molecule has 110 valence electrons. The average molecular weight is 315 g/mol. The number of tetrazole rings is 1. The fourth-order valence-corrected chi connectivity index (χ4v) is 2.09. The van der Waals surface area contributed by atoms with E-state index < -0.39 is 0 Å². The van der Waals surface area contributed by atoms with Gasteiger partial charge in [0.25, 0.3) is 5.91 Å². The Hall–Kier alpha value is -2.80. The molecule has 0 unspecified atom stereocenters. The summed E-state index contributed by atoms with van der Waals surface area (Å²) in [5, 5.41) is 14.2. The van der Waals surface area contributed by atoms with E-state index in [2.05, 4.69) is 25.8 Å². The maximum Gasteiger partial charge on any atom is 0.257 e. The third-order valence-corrected chi connectivity index (χ3v) is 3.26. The van der Waals surface area contributed by atoms with Gasteiger partial charge in [0.2, 0.25) is 0 Å². The van der Waals surface area contributed by atoms with Gasteiger partial charge < -0.3 is 5.32 Å². The molecule has 0 atom stereocenters. The van der Waals surface area contributed by atoms with Crippen LogP contribution < -0.4 is 5.32 Å². The first-order valence-corrected chi connectivity index (χ1v) is 6.78. The molecule has 22 heavy (non-hydrogen) atoms. The molecule has 0 spiro atoms. The largest absolute Gasteiger partial charge is 0.322 e. The fourth-order valence-electron chi connectivity index (χ4n) is 1.98. The number of amides is 1. The summed E-state index contributed by atoms with van der Waals surface area (Å²) in [7, 11) is 0. The first-order valence-electron chi connectivity index (χ1n) is 6.40. The molecule has 1 N–H and O–H groups in total. The van der Waals surface area contributed by atoms with Gasteiger partial charge in [-0.2, -0.15) is 0 Å². The summed E-state index contributed by atoms with van der Waals surface area (Å²) >= 11 is 5.70. The maximum atomic E-state index is 12.1. The van der Waals surface area contributed by atoms with E-state index in [1.54, 1.807) is 22.9 Å². The highest BCUT2D eigenvalue weighted by molar-refractivity contribution is 6.29. The zero-order chi connectivity index (χ0) is 15.5. The Morgan fingerprint density at radius 3 is 2.77 bits per heavy atom. The molecule has 8 heteroatoms. The molecule has 0 aliphatic rings. The SMILES string of the molecule is Cc1cc(NC(=O)c2ccc(Cl)nc2)ccc1-n1cnnn1. The number of hydrogen-bond acceptors (Lipinski definition) is 5. The van der Waals surface area contributed by atoms with Crippen molar-refractivity contribution in [3.8, 4) is 5.69 Å². The molecule has 3 rings (SSSR count). The van der Waals surface area contributed by atoms with Crippen LogP contribution in [0.15, 0.2) is 42.9 Å². The van der Waals surface area contributed by atoms with Crippen LogP contribution in [0.25, 0.3) is 5.69 Å². The Morgan fingerprint density at radius 1 is 1.27 bits per heavy atom. The molecule has 0 bridgehead atoms. The summed E-state index contributed by atoms with van der Waals surface area (Å²) in [5.74, 6) is -0.251. The number of nitrogens with zero attached hydrogens (tertiary/aromatic N) is 5. The molecule has 3 aromatic rings. The predicted molar refractivity (Wildman–Crippen MR) is 81.1 cm³/mol. The van der Waals surface area contributed by atoms with Crippen LogP contribution in [0.3, 0.4) is 0 Å². The molecular formula is C14H11ClN6O. The van der Waals surface area contributed by atoms with Gasteiger partial charge in [-0.25, -0.2) is 9.67 Å². The second kappa shape index (κ2) is 5.90. The zero-order valence-electron chi connectivity index (χ0n) is 11.6. The van der Waals surface area contributed by atoms with Gasteiger partial charge in [-0.15, -0.1) is 5.10 Å². The van der Waals surface area contributed by atoms with Gasteiger partial charge in [0.1, 0.15) is 11.5 Å². The summed E-state index contributed by atoms with van der Waals surface area (Å²) in [6.07, 6.45) is 2.94. The molecule has 0 aliphatic carbocycles. The van der Waals surface area contributed by atoms with Crippen molar-refractivity contribution in [1.82, 2.24) is 25.2 Å². The van der Waals surface area contributed by atoms with Crippen LogP contribution in [0.2, 0.25) is 5.15 Å². The minimum Gasteiger partial charge on any atom is -0.322 e. The number of carbonyl (C=O) groups is 1. The normalized spacial score (nSPS) is 10.5. The molecule has 0 saturated heterocycles. The summed E-state index contributed by atoms with van der Waals surface area (Å²) in [6.45, 7) is 1.91. The number of carbonyl (C=O) groups excluding carboxylic acids is 1. The van der Waals surface area contributed by atoms with Gasteiger partial charge in [0.15, 0.2) is 0 Å². The van der Waals surface area contributed by atoms with Crippen LogP contribution in [0.1, 0.15) is 15.9 Å². The summed E-state index contributed by atoms with van der Waals surface area (Å²) < 4.78 is 1.56. The van der Waals surface area contributed by atoms with Crippen molar-refractivity contribution in [2.75, 3.05) is 5.32 Å². The number of anilines is 1. The topological polar surface area (TPSA) is 85.6 Å². The van der Waals surface area contributed by atoms with Crippen LogP contribution in [-0.4, -0.2) is 31.1 Å². The monoisotopic (exact) mass is 314 g/mol. The third-order valence-electron chi connectivity index (χ3n) is 3.04. The predicted octanol–water partition coefficient (Wildman–Crippen LogP) is 2.27. The van der Waals surface area contributed by atoms with Crippen LogP contribution in [-0.2, 0) is 0 Å². The van der Waals surface area contributed by atoms with E-state index in [9.17, 15) is 4.79 Å². The lowest BCUT2D eigenvalue weighted by Gasteiger charge is -2.09. The Labute approximate surface area is 130 Å². The molecular weight excluding hydrogens is 304 g/mol. The molecule has 2 heterocycles. The average Bonchev–Trinajstić information content (AvgIpc) is 3.02. The third kappa shape index (κ3) is 2.94. The number of aryl methyl sites for hydroxylation is 1. The van der Waals surface area contributed by atoms with E-state index in [1.807, 2.05) is 19.1 Å². The van der Waals surface area contributed by atoms with Crippen molar-refractivity contribution in [3.05, 3.63) is 59.1 Å². The standard InChI is InChI=1S/C14H11ClN6O/c1-9-6-11(3-4-12(9)21-8-17-19-20-21)18-14(22)10-2-5-13(15)16-7-10/h2-8H,1H3,(H,18,22). The van der Waals surface area contributed by atoms with Crippen LogP contribution in [0.5, 0.6) is 0 Å². The van der Waals surface area contributed by atoms with Crippen LogP contribution in [0, 0.1) is 6.92 Å². The van der Waals surface area contributed by atoms with E-state index >= 15 is 0 Å². The van der Waals surface area contributed by atoms with Crippen LogP contribution >= 0.6 is 11.6 Å². The van der Waals surface area contributed by atoms with Gasteiger partial charge in [0.05, 0.1) is 11.3 Å². The molecule has 2 aromatic heterocycles. The van der Waals surface area contributed by atoms with Crippen molar-refractivity contribution in [2.24, 2.45) is 0 Å².